The van der Waals surface area contributed by atoms with Gasteiger partial charge in [0.2, 0.25) is 0 Å². The summed E-state index contributed by atoms with van der Waals surface area (Å²) in [5.74, 6) is 2.37. The minimum absolute atomic E-state index is 0.00752. The van der Waals surface area contributed by atoms with Crippen LogP contribution >= 0.6 is 11.8 Å². The molecule has 1 fully saturated rings. The van der Waals surface area contributed by atoms with Gasteiger partial charge in [-0.05, 0) is 12.2 Å². The first-order valence-corrected chi connectivity index (χ1v) is 8.36. The normalized spacial score (nSPS) is 17.2. The van der Waals surface area contributed by atoms with E-state index in [0.717, 1.165) is 17.9 Å². The van der Waals surface area contributed by atoms with E-state index in [1.807, 2.05) is 11.8 Å². The van der Waals surface area contributed by atoms with Crippen molar-refractivity contribution in [2.75, 3.05) is 18.6 Å². The van der Waals surface area contributed by atoms with E-state index < -0.39 is 4.92 Å². The number of hydrogen-bond donors (Lipinski definition) is 1. The van der Waals surface area contributed by atoms with Crippen LogP contribution in [0.3, 0.4) is 0 Å². The largest absolute Gasteiger partial charge is 0.337 e. The van der Waals surface area contributed by atoms with Gasteiger partial charge < -0.3 is 9.88 Å². The van der Waals surface area contributed by atoms with Gasteiger partial charge in [-0.25, -0.2) is 4.98 Å². The van der Waals surface area contributed by atoms with Crippen LogP contribution in [0, 0.1) is 10.1 Å². The molecule has 0 saturated carbocycles. The molecule has 1 aliphatic rings. The maximum absolute atomic E-state index is 12.5. The molecule has 1 atom stereocenters. The minimum Gasteiger partial charge on any atom is -0.337 e. The van der Waals surface area contributed by atoms with E-state index in [2.05, 4.69) is 9.97 Å². The summed E-state index contributed by atoms with van der Waals surface area (Å²) in [6, 6.07) is 6.42. The number of hydrogen-bond acceptors (Lipinski definition) is 5. The number of nitrogens with one attached hydrogen (secondary N) is 1. The molecule has 7 nitrogen and oxygen atoms in total. The Kier molecular flexibility index (Phi) is 4.33. The molecule has 1 aromatic carbocycles. The van der Waals surface area contributed by atoms with Crippen molar-refractivity contribution in [1.29, 1.82) is 0 Å². The van der Waals surface area contributed by atoms with E-state index >= 15 is 0 Å². The number of aromatic nitrogens is 2. The van der Waals surface area contributed by atoms with Gasteiger partial charge in [-0.2, -0.15) is 11.8 Å². The fourth-order valence-corrected chi connectivity index (χ4v) is 3.79. The van der Waals surface area contributed by atoms with Crippen LogP contribution in [-0.4, -0.2) is 50.3 Å². The molecule has 0 radical (unpaired) electrons. The molecule has 2 heterocycles. The van der Waals surface area contributed by atoms with Crippen LogP contribution < -0.4 is 0 Å². The third-order valence-corrected chi connectivity index (χ3v) is 5.06. The van der Waals surface area contributed by atoms with Crippen molar-refractivity contribution < 1.29 is 9.72 Å². The Balaban J connectivity index is 1.81. The first kappa shape index (κ1) is 15.5. The monoisotopic (exact) mass is 332 g/mol. The first-order chi connectivity index (χ1) is 11.1. The highest BCUT2D eigenvalue weighted by Gasteiger charge is 2.25. The number of nitro groups is 1. The lowest BCUT2D eigenvalue weighted by Crippen LogP contribution is -2.37. The van der Waals surface area contributed by atoms with Gasteiger partial charge in [0, 0.05) is 36.5 Å². The SMILES string of the molecule is CN(C(=O)c1cnc(-c2cccc([N+](=O)[O-])c2)[nH]1)C1CCSC1. The van der Waals surface area contributed by atoms with Gasteiger partial charge in [-0.3, -0.25) is 14.9 Å². The number of benzene rings is 1. The molecule has 0 aliphatic carbocycles. The van der Waals surface area contributed by atoms with Crippen molar-refractivity contribution in [2.45, 2.75) is 12.5 Å². The van der Waals surface area contributed by atoms with E-state index in [1.165, 1.54) is 18.3 Å². The second-order valence-electron chi connectivity index (χ2n) is 5.39. The molecule has 0 bridgehead atoms. The average molecular weight is 332 g/mol. The quantitative estimate of drug-likeness (QED) is 0.686. The number of thioether (sulfide) groups is 1. The van der Waals surface area contributed by atoms with Gasteiger partial charge in [-0.1, -0.05) is 12.1 Å². The highest BCUT2D eigenvalue weighted by atomic mass is 32.2. The molecule has 1 saturated heterocycles. The molecule has 1 N–H and O–H groups in total. The fourth-order valence-electron chi connectivity index (χ4n) is 2.53. The molecule has 1 amide bonds. The number of nitro benzene ring substituents is 1. The molecule has 3 rings (SSSR count). The second-order valence-corrected chi connectivity index (χ2v) is 6.54. The Hall–Kier alpha value is -2.35. The third kappa shape index (κ3) is 3.21. The van der Waals surface area contributed by atoms with E-state index in [1.54, 1.807) is 24.1 Å². The van der Waals surface area contributed by atoms with Crippen LogP contribution in [-0.2, 0) is 0 Å². The number of non-ortho nitro benzene ring substituents is 1. The number of carbonyl (C=O) groups is 1. The Morgan fingerprint density at radius 2 is 2.35 bits per heavy atom. The number of imidazole rings is 1. The summed E-state index contributed by atoms with van der Waals surface area (Å²) in [5.41, 5.74) is 0.968. The van der Waals surface area contributed by atoms with Gasteiger partial charge in [0.15, 0.2) is 0 Å². The van der Waals surface area contributed by atoms with Crippen LogP contribution in [0.5, 0.6) is 0 Å². The summed E-state index contributed by atoms with van der Waals surface area (Å²) < 4.78 is 0. The highest BCUT2D eigenvalue weighted by molar-refractivity contribution is 7.99. The van der Waals surface area contributed by atoms with Gasteiger partial charge in [0.05, 0.1) is 11.1 Å². The summed E-state index contributed by atoms with van der Waals surface area (Å²) in [5, 5.41) is 10.8. The summed E-state index contributed by atoms with van der Waals surface area (Å²) in [6.07, 6.45) is 2.48. The molecule has 23 heavy (non-hydrogen) atoms. The van der Waals surface area contributed by atoms with E-state index in [-0.39, 0.29) is 17.6 Å². The Morgan fingerprint density at radius 1 is 1.52 bits per heavy atom. The van der Waals surface area contributed by atoms with Crippen LogP contribution in [0.1, 0.15) is 16.9 Å². The molecule has 8 heteroatoms. The smallest absolute Gasteiger partial charge is 0.271 e. The summed E-state index contributed by atoms with van der Waals surface area (Å²) >= 11 is 1.85. The number of rotatable bonds is 4. The minimum atomic E-state index is -0.454. The molecule has 1 aromatic heterocycles. The lowest BCUT2D eigenvalue weighted by atomic mass is 10.2. The van der Waals surface area contributed by atoms with Crippen LogP contribution in [0.2, 0.25) is 0 Å². The van der Waals surface area contributed by atoms with Crippen molar-refractivity contribution in [3.63, 3.8) is 0 Å². The molecule has 0 spiro atoms. The van der Waals surface area contributed by atoms with Gasteiger partial charge >= 0.3 is 0 Å². The van der Waals surface area contributed by atoms with Gasteiger partial charge in [-0.15, -0.1) is 0 Å². The van der Waals surface area contributed by atoms with Crippen molar-refractivity contribution in [3.8, 4) is 11.4 Å². The predicted molar refractivity (Wildman–Crippen MR) is 88.5 cm³/mol. The van der Waals surface area contributed by atoms with E-state index in [4.69, 9.17) is 0 Å². The number of aromatic amines is 1. The van der Waals surface area contributed by atoms with E-state index in [9.17, 15) is 14.9 Å². The predicted octanol–water partition coefficient (Wildman–Crippen LogP) is 2.56. The van der Waals surface area contributed by atoms with Crippen LogP contribution in [0.4, 0.5) is 5.69 Å². The average Bonchev–Trinajstić information content (AvgIpc) is 3.25. The number of nitrogens with zero attached hydrogens (tertiary/aromatic N) is 3. The first-order valence-electron chi connectivity index (χ1n) is 7.21. The molecule has 1 aliphatic heterocycles. The number of H-pyrrole nitrogens is 1. The van der Waals surface area contributed by atoms with Crippen LogP contribution in [0.25, 0.3) is 11.4 Å². The molecule has 1 unspecified atom stereocenters. The maximum atomic E-state index is 12.5. The third-order valence-electron chi connectivity index (χ3n) is 3.91. The van der Waals surface area contributed by atoms with Gasteiger partial charge in [0.25, 0.3) is 11.6 Å². The summed E-state index contributed by atoms with van der Waals surface area (Å²) in [4.78, 5) is 31.8. The fraction of sp³-hybridized carbons (Fsp3) is 0.333. The highest BCUT2D eigenvalue weighted by Crippen LogP contribution is 2.24. The Labute approximate surface area is 137 Å². The number of carbonyl (C=O) groups excluding carboxylic acids is 1. The molecule has 2 aromatic rings. The number of amides is 1. The van der Waals surface area contributed by atoms with Crippen molar-refractivity contribution >= 4 is 23.4 Å². The van der Waals surface area contributed by atoms with E-state index in [0.29, 0.717) is 17.1 Å². The lowest BCUT2D eigenvalue weighted by molar-refractivity contribution is -0.384. The van der Waals surface area contributed by atoms with Gasteiger partial charge in [0.1, 0.15) is 11.5 Å². The van der Waals surface area contributed by atoms with Crippen molar-refractivity contribution in [2.24, 2.45) is 0 Å². The molecule has 120 valence electrons. The maximum Gasteiger partial charge on any atom is 0.271 e. The molecular weight excluding hydrogens is 316 g/mol. The summed E-state index contributed by atoms with van der Waals surface area (Å²) in [6.45, 7) is 0. The zero-order valence-corrected chi connectivity index (χ0v) is 13.4. The topological polar surface area (TPSA) is 92.1 Å². The zero-order valence-electron chi connectivity index (χ0n) is 12.6. The standard InChI is InChI=1S/C15H16N4O3S/c1-18(12-5-6-23-9-12)15(20)13-8-16-14(17-13)10-3-2-4-11(7-10)19(21)22/h2-4,7-8,12H,5-6,9H2,1H3,(H,16,17). The second kappa shape index (κ2) is 6.41. The zero-order chi connectivity index (χ0) is 16.4. The van der Waals surface area contributed by atoms with Crippen molar-refractivity contribution in [1.82, 2.24) is 14.9 Å². The lowest BCUT2D eigenvalue weighted by Gasteiger charge is -2.22. The Bertz CT molecular complexity index is 740. The summed E-state index contributed by atoms with van der Waals surface area (Å²) in [7, 11) is 1.80. The van der Waals surface area contributed by atoms with Crippen molar-refractivity contribution in [3.05, 3.63) is 46.3 Å². The Morgan fingerprint density at radius 3 is 3.04 bits per heavy atom. The van der Waals surface area contributed by atoms with Crippen LogP contribution in [0.15, 0.2) is 30.5 Å². The molecular formula is C15H16N4O3S.